The topological polar surface area (TPSA) is 28.2 Å². The summed E-state index contributed by atoms with van der Waals surface area (Å²) in [4.78, 5) is 6.33. The van der Waals surface area contributed by atoms with Gasteiger partial charge in [0.2, 0.25) is 0 Å². The summed E-state index contributed by atoms with van der Waals surface area (Å²) in [6.07, 6.45) is -1.44. The van der Waals surface area contributed by atoms with Crippen LogP contribution in [-0.2, 0) is 6.18 Å². The van der Waals surface area contributed by atoms with Crippen LogP contribution in [0.15, 0.2) is 12.1 Å². The molecule has 1 N–H and O–H groups in total. The first-order valence-corrected chi connectivity index (χ1v) is 6.92. The second kappa shape index (κ2) is 5.50. The lowest BCUT2D eigenvalue weighted by Gasteiger charge is -2.30. The van der Waals surface area contributed by atoms with E-state index in [-0.39, 0.29) is 17.9 Å². The zero-order valence-corrected chi connectivity index (χ0v) is 12.0. The number of anilines is 2. The molecule has 0 radical (unpaired) electrons. The van der Waals surface area contributed by atoms with Crippen LogP contribution in [0.4, 0.5) is 24.8 Å². The van der Waals surface area contributed by atoms with Gasteiger partial charge >= 0.3 is 6.18 Å². The number of hydrogen-bond acceptors (Lipinski definition) is 3. The summed E-state index contributed by atoms with van der Waals surface area (Å²) in [5.74, 6) is 0.671. The Morgan fingerprint density at radius 3 is 2.60 bits per heavy atom. The number of rotatable bonds is 3. The molecule has 20 heavy (non-hydrogen) atoms. The van der Waals surface area contributed by atoms with Crippen LogP contribution < -0.4 is 10.2 Å². The van der Waals surface area contributed by atoms with Crippen LogP contribution in [0, 0.1) is 0 Å². The molecule has 1 aliphatic rings. The van der Waals surface area contributed by atoms with E-state index < -0.39 is 11.7 Å². The van der Waals surface area contributed by atoms with Crippen LogP contribution in [0.1, 0.15) is 38.7 Å². The third kappa shape index (κ3) is 2.83. The molecule has 1 aliphatic heterocycles. The summed E-state index contributed by atoms with van der Waals surface area (Å²) in [5, 5.41) is 2.71. The molecular weight excluding hydrogens is 267 g/mol. The Morgan fingerprint density at radius 1 is 1.35 bits per heavy atom. The van der Waals surface area contributed by atoms with Gasteiger partial charge in [-0.2, -0.15) is 13.2 Å². The number of nitrogens with one attached hydrogen (secondary N) is 1. The van der Waals surface area contributed by atoms with Crippen LogP contribution >= 0.6 is 0 Å². The Kier molecular flexibility index (Phi) is 4.11. The highest BCUT2D eigenvalue weighted by molar-refractivity contribution is 5.53. The van der Waals surface area contributed by atoms with Gasteiger partial charge in [-0.25, -0.2) is 4.98 Å². The summed E-state index contributed by atoms with van der Waals surface area (Å²) in [6.45, 7) is 4.10. The molecule has 2 heterocycles. The van der Waals surface area contributed by atoms with Crippen LogP contribution in [0.3, 0.4) is 0 Å². The maximum Gasteiger partial charge on any atom is 0.416 e. The number of pyridine rings is 1. The van der Waals surface area contributed by atoms with Gasteiger partial charge in [0, 0.05) is 19.1 Å². The van der Waals surface area contributed by atoms with Gasteiger partial charge in [-0.1, -0.05) is 6.92 Å². The Bertz CT molecular complexity index is 473. The van der Waals surface area contributed by atoms with Crippen LogP contribution in [0.2, 0.25) is 0 Å². The van der Waals surface area contributed by atoms with Crippen LogP contribution in [-0.4, -0.2) is 24.1 Å². The maximum atomic E-state index is 13.0. The van der Waals surface area contributed by atoms with Crippen molar-refractivity contribution in [2.24, 2.45) is 0 Å². The molecule has 1 aromatic rings. The zero-order chi connectivity index (χ0) is 14.9. The molecule has 0 saturated carbocycles. The molecule has 1 aromatic heterocycles. The molecule has 2 rings (SSSR count). The molecule has 6 heteroatoms. The van der Waals surface area contributed by atoms with E-state index in [2.05, 4.69) is 17.2 Å². The molecule has 3 nitrogen and oxygen atoms in total. The quantitative estimate of drug-likeness (QED) is 0.913. The molecule has 0 bridgehead atoms. The smallest absolute Gasteiger partial charge is 0.373 e. The minimum Gasteiger partial charge on any atom is -0.373 e. The molecule has 1 fully saturated rings. The highest BCUT2D eigenvalue weighted by Gasteiger charge is 2.35. The average molecular weight is 287 g/mol. The summed E-state index contributed by atoms with van der Waals surface area (Å²) in [5.41, 5.74) is -0.652. The van der Waals surface area contributed by atoms with Crippen LogP contribution in [0.25, 0.3) is 0 Å². The Balaban J connectivity index is 2.45. The summed E-state index contributed by atoms with van der Waals surface area (Å²) in [6, 6.07) is 2.70. The standard InChI is InChI=1S/C14H20F3N3/c1-4-11-6-5-9(2)20(11)13-8-10(14(15,16)17)7-12(18-3)19-13/h7-9,11H,4-6H2,1-3H3,(H,18,19). The number of nitrogens with zero attached hydrogens (tertiary/aromatic N) is 2. The zero-order valence-electron chi connectivity index (χ0n) is 12.0. The normalized spacial score (nSPS) is 23.2. The summed E-state index contributed by atoms with van der Waals surface area (Å²) < 4.78 is 38.9. The summed E-state index contributed by atoms with van der Waals surface area (Å²) in [7, 11) is 1.58. The Hall–Kier alpha value is -1.46. The van der Waals surface area contributed by atoms with Crippen LogP contribution in [0.5, 0.6) is 0 Å². The number of halogens is 3. The van der Waals surface area contributed by atoms with Crippen molar-refractivity contribution in [1.82, 2.24) is 4.98 Å². The van der Waals surface area contributed by atoms with E-state index in [1.54, 1.807) is 7.05 Å². The van der Waals surface area contributed by atoms with Crippen molar-refractivity contribution in [3.8, 4) is 0 Å². The van der Waals surface area contributed by atoms with Crippen molar-refractivity contribution < 1.29 is 13.2 Å². The molecule has 0 spiro atoms. The fraction of sp³-hybridized carbons (Fsp3) is 0.643. The second-order valence-corrected chi connectivity index (χ2v) is 5.24. The van der Waals surface area contributed by atoms with Crippen molar-refractivity contribution >= 4 is 11.6 Å². The molecule has 2 unspecified atom stereocenters. The molecule has 1 saturated heterocycles. The van der Waals surface area contributed by atoms with E-state index in [1.807, 2.05) is 11.8 Å². The van der Waals surface area contributed by atoms with E-state index in [9.17, 15) is 13.2 Å². The minimum absolute atomic E-state index is 0.223. The van der Waals surface area contributed by atoms with Crippen molar-refractivity contribution in [1.29, 1.82) is 0 Å². The highest BCUT2D eigenvalue weighted by atomic mass is 19.4. The maximum absolute atomic E-state index is 13.0. The van der Waals surface area contributed by atoms with Gasteiger partial charge in [0.05, 0.1) is 5.56 Å². The third-order valence-corrected chi connectivity index (χ3v) is 3.92. The van der Waals surface area contributed by atoms with E-state index in [1.165, 1.54) is 0 Å². The van der Waals surface area contributed by atoms with Crippen molar-refractivity contribution in [2.45, 2.75) is 51.4 Å². The van der Waals surface area contributed by atoms with E-state index in [4.69, 9.17) is 0 Å². The predicted octanol–water partition coefficient (Wildman–Crippen LogP) is 3.91. The van der Waals surface area contributed by atoms with Crippen molar-refractivity contribution in [3.63, 3.8) is 0 Å². The van der Waals surface area contributed by atoms with Gasteiger partial charge in [-0.15, -0.1) is 0 Å². The number of aromatic nitrogens is 1. The molecule has 2 atom stereocenters. The van der Waals surface area contributed by atoms with Gasteiger partial charge in [0.25, 0.3) is 0 Å². The number of alkyl halides is 3. The van der Waals surface area contributed by atoms with Crippen molar-refractivity contribution in [2.75, 3.05) is 17.3 Å². The lowest BCUT2D eigenvalue weighted by atomic mass is 10.1. The lowest BCUT2D eigenvalue weighted by Crippen LogP contribution is -2.35. The fourth-order valence-electron chi connectivity index (χ4n) is 2.83. The van der Waals surface area contributed by atoms with Gasteiger partial charge in [0.15, 0.2) is 0 Å². The van der Waals surface area contributed by atoms with Gasteiger partial charge in [0.1, 0.15) is 11.6 Å². The predicted molar refractivity (Wildman–Crippen MR) is 74.0 cm³/mol. The highest BCUT2D eigenvalue weighted by Crippen LogP contribution is 2.36. The van der Waals surface area contributed by atoms with E-state index in [0.29, 0.717) is 5.82 Å². The molecule has 0 amide bonds. The van der Waals surface area contributed by atoms with Crippen molar-refractivity contribution in [3.05, 3.63) is 17.7 Å². The average Bonchev–Trinajstić information content (AvgIpc) is 2.78. The first-order valence-electron chi connectivity index (χ1n) is 6.92. The third-order valence-electron chi connectivity index (χ3n) is 3.92. The lowest BCUT2D eigenvalue weighted by molar-refractivity contribution is -0.137. The largest absolute Gasteiger partial charge is 0.416 e. The van der Waals surface area contributed by atoms with E-state index >= 15 is 0 Å². The van der Waals surface area contributed by atoms with Gasteiger partial charge in [-0.05, 0) is 38.3 Å². The molecule has 112 valence electrons. The summed E-state index contributed by atoms with van der Waals surface area (Å²) >= 11 is 0. The molecule has 0 aliphatic carbocycles. The minimum atomic E-state index is -4.35. The SMILES string of the molecule is CCC1CCC(C)N1c1cc(C(F)(F)F)cc(NC)n1. The second-order valence-electron chi connectivity index (χ2n) is 5.24. The fourth-order valence-corrected chi connectivity index (χ4v) is 2.83. The first-order chi connectivity index (χ1) is 9.36. The Labute approximate surface area is 117 Å². The van der Waals surface area contributed by atoms with Gasteiger partial charge in [-0.3, -0.25) is 0 Å². The number of hydrogen-bond donors (Lipinski definition) is 1. The Morgan fingerprint density at radius 2 is 2.05 bits per heavy atom. The monoisotopic (exact) mass is 287 g/mol. The molecule has 0 aromatic carbocycles. The first kappa shape index (κ1) is 14.9. The van der Waals surface area contributed by atoms with E-state index in [0.717, 1.165) is 31.4 Å². The van der Waals surface area contributed by atoms with Gasteiger partial charge < -0.3 is 10.2 Å². The molecular formula is C14H20F3N3.